The minimum Gasteiger partial charge on any atom is -0.465 e. The van der Waals surface area contributed by atoms with Crippen LogP contribution in [-0.4, -0.2) is 12.6 Å². The van der Waals surface area contributed by atoms with Gasteiger partial charge in [0.25, 0.3) is 0 Å². The van der Waals surface area contributed by atoms with Crippen LogP contribution in [-0.2, 0) is 9.53 Å². The Morgan fingerprint density at radius 1 is 1.54 bits per heavy atom. The molecule has 0 aromatic heterocycles. The van der Waals surface area contributed by atoms with Crippen LogP contribution in [0.25, 0.3) is 0 Å². The molecule has 0 amide bonds. The van der Waals surface area contributed by atoms with Crippen molar-refractivity contribution in [2.45, 2.75) is 26.7 Å². The van der Waals surface area contributed by atoms with Gasteiger partial charge in [-0.15, -0.1) is 0 Å². The van der Waals surface area contributed by atoms with Crippen LogP contribution in [0.5, 0.6) is 0 Å². The third-order valence-electron chi connectivity index (χ3n) is 1.71. The van der Waals surface area contributed by atoms with E-state index >= 15 is 0 Å². The maximum Gasteiger partial charge on any atom is 0.326 e. The third kappa shape index (κ3) is 3.13. The van der Waals surface area contributed by atoms with Crippen LogP contribution in [0.1, 0.15) is 26.7 Å². The molecule has 13 heavy (non-hydrogen) atoms. The molecule has 0 heterocycles. The zero-order valence-corrected chi connectivity index (χ0v) is 7.83. The molecule has 0 radical (unpaired) electrons. The first kappa shape index (κ1) is 11.4. The van der Waals surface area contributed by atoms with Crippen LogP contribution in [0.2, 0.25) is 0 Å². The van der Waals surface area contributed by atoms with Crippen molar-refractivity contribution in [2.75, 3.05) is 6.61 Å². The highest BCUT2D eigenvalue weighted by molar-refractivity contribution is 5.79. The number of nitriles is 2. The molecule has 0 N–H and O–H groups in total. The summed E-state index contributed by atoms with van der Waals surface area (Å²) in [6.45, 7) is 3.42. The topological polar surface area (TPSA) is 73.9 Å². The van der Waals surface area contributed by atoms with E-state index in [0.29, 0.717) is 0 Å². The molecule has 0 saturated heterocycles. The lowest BCUT2D eigenvalue weighted by molar-refractivity contribution is -0.151. The molecule has 0 aliphatic heterocycles. The van der Waals surface area contributed by atoms with E-state index < -0.39 is 11.4 Å². The van der Waals surface area contributed by atoms with Crippen molar-refractivity contribution in [3.8, 4) is 12.1 Å². The maximum absolute atomic E-state index is 11.2. The normalized spacial score (nSPS) is 13.5. The Hall–Kier alpha value is -1.55. The Kier molecular flexibility index (Phi) is 4.54. The van der Waals surface area contributed by atoms with Crippen LogP contribution >= 0.6 is 0 Å². The molecule has 0 aromatic carbocycles. The Morgan fingerprint density at radius 2 is 2.15 bits per heavy atom. The Balaban J connectivity index is 4.38. The van der Waals surface area contributed by atoms with Crippen molar-refractivity contribution in [1.29, 1.82) is 10.5 Å². The van der Waals surface area contributed by atoms with Gasteiger partial charge in [-0.2, -0.15) is 10.5 Å². The molecule has 0 fully saturated rings. The molecule has 1 atom stereocenters. The number of carbonyl (C=O) groups excluding carboxylic acids is 1. The summed E-state index contributed by atoms with van der Waals surface area (Å²) in [6.07, 6.45) is 0.404. The van der Waals surface area contributed by atoms with Crippen LogP contribution in [0.4, 0.5) is 0 Å². The fourth-order valence-corrected chi connectivity index (χ4v) is 0.800. The van der Waals surface area contributed by atoms with E-state index in [1.807, 2.05) is 12.1 Å². The summed E-state index contributed by atoms with van der Waals surface area (Å²) in [6, 6.07) is 3.77. The van der Waals surface area contributed by atoms with E-state index in [1.54, 1.807) is 6.92 Å². The first-order chi connectivity index (χ1) is 6.10. The van der Waals surface area contributed by atoms with Crippen molar-refractivity contribution >= 4 is 5.97 Å². The fraction of sp³-hybridized carbons (Fsp3) is 0.667. The molecule has 0 aliphatic carbocycles. The molecule has 4 nitrogen and oxygen atoms in total. The van der Waals surface area contributed by atoms with Gasteiger partial charge in [-0.1, -0.05) is 0 Å². The summed E-state index contributed by atoms with van der Waals surface area (Å²) in [7, 11) is 0. The Labute approximate surface area is 77.7 Å². The molecule has 1 unspecified atom stereocenters. The van der Waals surface area contributed by atoms with Crippen molar-refractivity contribution in [1.82, 2.24) is 0 Å². The predicted octanol–water partition coefficient (Wildman–Crippen LogP) is 1.38. The summed E-state index contributed by atoms with van der Waals surface area (Å²) in [4.78, 5) is 11.2. The van der Waals surface area contributed by atoms with Gasteiger partial charge < -0.3 is 4.74 Å². The molecule has 70 valence electrons. The van der Waals surface area contributed by atoms with Crippen molar-refractivity contribution in [3.63, 3.8) is 0 Å². The molecule has 4 heteroatoms. The number of ether oxygens (including phenoxy) is 1. The maximum atomic E-state index is 11.2. The Morgan fingerprint density at radius 3 is 2.54 bits per heavy atom. The lowest BCUT2D eigenvalue weighted by Crippen LogP contribution is -2.28. The largest absolute Gasteiger partial charge is 0.465 e. The summed E-state index contributed by atoms with van der Waals surface area (Å²) in [5, 5.41) is 17.1. The molecular weight excluding hydrogens is 168 g/mol. The van der Waals surface area contributed by atoms with E-state index in [2.05, 4.69) is 0 Å². The smallest absolute Gasteiger partial charge is 0.326 e. The zero-order valence-electron chi connectivity index (χ0n) is 7.83. The second-order valence-electron chi connectivity index (χ2n) is 2.82. The van der Waals surface area contributed by atoms with Crippen LogP contribution in [0, 0.1) is 28.1 Å². The molecule has 0 aromatic rings. The number of esters is 1. The molecule has 0 spiro atoms. The minimum atomic E-state index is -1.17. The summed E-state index contributed by atoms with van der Waals surface area (Å²) in [5.41, 5.74) is -1.17. The van der Waals surface area contributed by atoms with Gasteiger partial charge in [0.05, 0.1) is 18.7 Å². The number of nitrogens with zero attached hydrogens (tertiary/aromatic N) is 2. The van der Waals surface area contributed by atoms with Gasteiger partial charge >= 0.3 is 5.97 Å². The van der Waals surface area contributed by atoms with Gasteiger partial charge in [-0.05, 0) is 20.3 Å². The van der Waals surface area contributed by atoms with Crippen LogP contribution in [0.3, 0.4) is 0 Å². The van der Waals surface area contributed by atoms with E-state index in [0.717, 1.165) is 0 Å². The van der Waals surface area contributed by atoms with Crippen LogP contribution in [0.15, 0.2) is 0 Å². The Bertz CT molecular complexity index is 262. The van der Waals surface area contributed by atoms with E-state index in [4.69, 9.17) is 15.3 Å². The van der Waals surface area contributed by atoms with E-state index in [1.165, 1.54) is 6.92 Å². The van der Waals surface area contributed by atoms with E-state index in [9.17, 15) is 4.79 Å². The zero-order chi connectivity index (χ0) is 10.3. The molecular formula is C9H12N2O2. The van der Waals surface area contributed by atoms with Crippen molar-refractivity contribution in [2.24, 2.45) is 5.41 Å². The lowest BCUT2D eigenvalue weighted by atomic mass is 9.87. The van der Waals surface area contributed by atoms with E-state index in [-0.39, 0.29) is 19.4 Å². The first-order valence-corrected chi connectivity index (χ1v) is 4.06. The second-order valence-corrected chi connectivity index (χ2v) is 2.82. The van der Waals surface area contributed by atoms with Gasteiger partial charge in [-0.3, -0.25) is 4.79 Å². The predicted molar refractivity (Wildman–Crippen MR) is 45.2 cm³/mol. The number of hydrogen-bond acceptors (Lipinski definition) is 4. The van der Waals surface area contributed by atoms with Crippen molar-refractivity contribution in [3.05, 3.63) is 0 Å². The first-order valence-electron chi connectivity index (χ1n) is 4.06. The average Bonchev–Trinajstić information content (AvgIpc) is 2.14. The molecule has 0 rings (SSSR count). The SMILES string of the molecule is CCOC(=O)C(C)(C#N)CCC#N. The standard InChI is InChI=1S/C9H12N2O2/c1-3-13-8(12)9(2,7-11)5-4-6-10/h3-5H2,1-2H3. The number of hydrogen-bond donors (Lipinski definition) is 0. The van der Waals surface area contributed by atoms with Gasteiger partial charge in [-0.25, -0.2) is 0 Å². The molecule has 0 bridgehead atoms. The number of carbonyl (C=O) groups is 1. The number of rotatable bonds is 4. The summed E-state index contributed by atoms with van der Waals surface area (Å²) in [5.74, 6) is -0.548. The second kappa shape index (κ2) is 5.16. The highest BCUT2D eigenvalue weighted by Crippen LogP contribution is 2.23. The summed E-state index contributed by atoms with van der Waals surface area (Å²) < 4.78 is 4.72. The van der Waals surface area contributed by atoms with Gasteiger partial charge in [0, 0.05) is 6.42 Å². The highest BCUT2D eigenvalue weighted by atomic mass is 16.5. The monoisotopic (exact) mass is 180 g/mol. The average molecular weight is 180 g/mol. The fourth-order valence-electron chi connectivity index (χ4n) is 0.800. The lowest BCUT2D eigenvalue weighted by Gasteiger charge is -2.17. The highest BCUT2D eigenvalue weighted by Gasteiger charge is 2.34. The van der Waals surface area contributed by atoms with Gasteiger partial charge in [0.15, 0.2) is 5.41 Å². The van der Waals surface area contributed by atoms with Gasteiger partial charge in [0.1, 0.15) is 0 Å². The molecule has 0 aliphatic rings. The van der Waals surface area contributed by atoms with Crippen molar-refractivity contribution < 1.29 is 9.53 Å². The van der Waals surface area contributed by atoms with Gasteiger partial charge in [0.2, 0.25) is 0 Å². The van der Waals surface area contributed by atoms with Crippen LogP contribution < -0.4 is 0 Å². The molecule has 0 saturated carbocycles. The quantitative estimate of drug-likeness (QED) is 0.612. The summed E-state index contributed by atoms with van der Waals surface area (Å²) >= 11 is 0. The third-order valence-corrected chi connectivity index (χ3v) is 1.71. The minimum absolute atomic E-state index is 0.183.